The van der Waals surface area contributed by atoms with Crippen molar-refractivity contribution in [3.05, 3.63) is 56.7 Å². The number of nitrogens with one attached hydrogen (secondary N) is 1. The fraction of sp³-hybridized carbons (Fsp3) is 0.389. The number of hydrogen-bond donors (Lipinski definition) is 2. The number of piperidine rings is 1. The van der Waals surface area contributed by atoms with E-state index < -0.39 is 11.2 Å². The summed E-state index contributed by atoms with van der Waals surface area (Å²) < 4.78 is 1.10. The highest BCUT2D eigenvalue weighted by Gasteiger charge is 2.20. The van der Waals surface area contributed by atoms with E-state index in [0.717, 1.165) is 30.5 Å². The van der Waals surface area contributed by atoms with Gasteiger partial charge in [0.15, 0.2) is 0 Å². The van der Waals surface area contributed by atoms with Gasteiger partial charge in [0.2, 0.25) is 5.88 Å². The van der Waals surface area contributed by atoms with Crippen LogP contribution < -0.4 is 11.2 Å². The Labute approximate surface area is 145 Å². The van der Waals surface area contributed by atoms with Crippen LogP contribution in [0.1, 0.15) is 38.2 Å². The minimum Gasteiger partial charge on any atom is -0.493 e. The Morgan fingerprint density at radius 1 is 1.16 bits per heavy atom. The molecule has 1 fully saturated rings. The second-order valence-corrected chi connectivity index (χ2v) is 6.04. The zero-order valence-electron chi connectivity index (χ0n) is 14.2. The number of hydrazone groups is 1. The van der Waals surface area contributed by atoms with E-state index in [2.05, 4.69) is 10.1 Å². The summed E-state index contributed by atoms with van der Waals surface area (Å²) in [5.41, 5.74) is -0.282. The second kappa shape index (κ2) is 7.38. The summed E-state index contributed by atoms with van der Waals surface area (Å²) in [5.74, 6) is -0.377. The lowest BCUT2D eigenvalue weighted by Gasteiger charge is -2.25. The van der Waals surface area contributed by atoms with Gasteiger partial charge >= 0.3 is 5.69 Å². The molecule has 0 aliphatic carbocycles. The number of aromatic nitrogens is 2. The maximum absolute atomic E-state index is 12.4. The quantitative estimate of drug-likeness (QED) is 0.830. The molecule has 1 aliphatic rings. The molecule has 3 rings (SSSR count). The van der Waals surface area contributed by atoms with Crippen LogP contribution in [0.2, 0.25) is 0 Å². The first kappa shape index (κ1) is 17.0. The smallest absolute Gasteiger partial charge is 0.335 e. The molecule has 1 aromatic carbocycles. The molecule has 7 heteroatoms. The fourth-order valence-electron chi connectivity index (χ4n) is 3.05. The molecule has 0 saturated carbocycles. The molecule has 0 spiro atoms. The number of aromatic amines is 1. The molecule has 1 aromatic heterocycles. The molecule has 0 unspecified atom stereocenters. The number of aromatic hydroxyl groups is 1. The van der Waals surface area contributed by atoms with Crippen molar-refractivity contribution in [3.8, 4) is 11.6 Å². The van der Waals surface area contributed by atoms with E-state index in [4.69, 9.17) is 0 Å². The van der Waals surface area contributed by atoms with Crippen molar-refractivity contribution in [2.45, 2.75) is 32.6 Å². The summed E-state index contributed by atoms with van der Waals surface area (Å²) in [6.45, 7) is 3.54. The van der Waals surface area contributed by atoms with Crippen LogP contribution in [0.25, 0.3) is 5.69 Å². The first-order chi connectivity index (χ1) is 12.1. The van der Waals surface area contributed by atoms with Crippen molar-refractivity contribution in [1.29, 1.82) is 0 Å². The Morgan fingerprint density at radius 2 is 1.84 bits per heavy atom. The lowest BCUT2D eigenvalue weighted by Crippen LogP contribution is -2.34. The minimum atomic E-state index is -0.675. The number of hydrogen-bond acceptors (Lipinski definition) is 5. The standard InChI is InChI=1S/C18H22N4O3/c1-2-14(20-21-11-7-4-8-12-21)15-16(23)19-18(25)22(17(15)24)13-9-5-3-6-10-13/h3,5-6,9-10,24H,2,4,7-8,11-12H2,1H3,(H,19,23,25)/b20-14+. The van der Waals surface area contributed by atoms with Crippen LogP contribution in [0.3, 0.4) is 0 Å². The van der Waals surface area contributed by atoms with Crippen LogP contribution >= 0.6 is 0 Å². The topological polar surface area (TPSA) is 90.7 Å². The molecule has 0 bridgehead atoms. The summed E-state index contributed by atoms with van der Waals surface area (Å²) in [6.07, 6.45) is 3.77. The van der Waals surface area contributed by atoms with Crippen LogP contribution in [-0.4, -0.2) is 38.5 Å². The number of H-pyrrole nitrogens is 1. The summed E-state index contributed by atoms with van der Waals surface area (Å²) >= 11 is 0. The van der Waals surface area contributed by atoms with Crippen LogP contribution in [0, 0.1) is 0 Å². The zero-order chi connectivity index (χ0) is 17.8. The van der Waals surface area contributed by atoms with Crippen molar-refractivity contribution in [2.24, 2.45) is 5.10 Å². The Kier molecular flexibility index (Phi) is 5.02. The zero-order valence-corrected chi connectivity index (χ0v) is 14.2. The number of benzene rings is 1. The molecule has 132 valence electrons. The minimum absolute atomic E-state index is 0.0523. The first-order valence-electron chi connectivity index (χ1n) is 8.58. The van der Waals surface area contributed by atoms with E-state index in [1.165, 1.54) is 6.42 Å². The second-order valence-electron chi connectivity index (χ2n) is 6.04. The van der Waals surface area contributed by atoms with Gasteiger partial charge in [0.1, 0.15) is 5.56 Å². The summed E-state index contributed by atoms with van der Waals surface area (Å²) in [6, 6.07) is 8.71. The van der Waals surface area contributed by atoms with E-state index in [1.54, 1.807) is 24.3 Å². The number of para-hydroxylation sites is 1. The van der Waals surface area contributed by atoms with Crippen LogP contribution in [-0.2, 0) is 0 Å². The van der Waals surface area contributed by atoms with Gasteiger partial charge in [-0.3, -0.25) is 14.8 Å². The largest absolute Gasteiger partial charge is 0.493 e. The Balaban J connectivity index is 2.13. The molecule has 1 saturated heterocycles. The first-order valence-corrected chi connectivity index (χ1v) is 8.58. The molecule has 0 radical (unpaired) electrons. The van der Waals surface area contributed by atoms with Gasteiger partial charge in [0.25, 0.3) is 5.56 Å². The monoisotopic (exact) mass is 342 g/mol. The Hall–Kier alpha value is -2.83. The van der Waals surface area contributed by atoms with E-state index in [-0.39, 0.29) is 11.4 Å². The van der Waals surface area contributed by atoms with Crippen LogP contribution in [0.15, 0.2) is 45.0 Å². The van der Waals surface area contributed by atoms with Gasteiger partial charge in [-0.15, -0.1) is 0 Å². The highest BCUT2D eigenvalue weighted by atomic mass is 16.3. The van der Waals surface area contributed by atoms with Crippen LogP contribution in [0.5, 0.6) is 5.88 Å². The van der Waals surface area contributed by atoms with Gasteiger partial charge in [-0.1, -0.05) is 25.1 Å². The molecule has 2 N–H and O–H groups in total. The summed E-state index contributed by atoms with van der Waals surface area (Å²) in [7, 11) is 0. The molecule has 2 heterocycles. The molecule has 25 heavy (non-hydrogen) atoms. The van der Waals surface area contributed by atoms with Crippen molar-refractivity contribution in [2.75, 3.05) is 13.1 Å². The van der Waals surface area contributed by atoms with E-state index >= 15 is 0 Å². The average molecular weight is 342 g/mol. The summed E-state index contributed by atoms with van der Waals surface area (Å²) in [5, 5.41) is 17.2. The maximum Gasteiger partial charge on any atom is 0.335 e. The average Bonchev–Trinajstić information content (AvgIpc) is 2.62. The molecule has 2 aromatic rings. The van der Waals surface area contributed by atoms with Crippen molar-refractivity contribution in [1.82, 2.24) is 14.6 Å². The maximum atomic E-state index is 12.4. The number of nitrogens with zero attached hydrogens (tertiary/aromatic N) is 3. The molecular formula is C18H22N4O3. The predicted molar refractivity (Wildman–Crippen MR) is 96.6 cm³/mol. The van der Waals surface area contributed by atoms with Gasteiger partial charge in [0, 0.05) is 13.1 Å². The lowest BCUT2D eigenvalue weighted by atomic mass is 10.1. The lowest BCUT2D eigenvalue weighted by molar-refractivity contribution is 0.239. The third kappa shape index (κ3) is 3.50. The Bertz CT molecular complexity index is 877. The normalized spacial score (nSPS) is 15.4. The van der Waals surface area contributed by atoms with Crippen molar-refractivity contribution >= 4 is 5.71 Å². The molecule has 0 amide bonds. The predicted octanol–water partition coefficient (Wildman–Crippen LogP) is 1.83. The molecular weight excluding hydrogens is 320 g/mol. The van der Waals surface area contributed by atoms with E-state index in [9.17, 15) is 14.7 Å². The van der Waals surface area contributed by atoms with Crippen LogP contribution in [0.4, 0.5) is 0 Å². The van der Waals surface area contributed by atoms with Gasteiger partial charge in [-0.2, -0.15) is 5.10 Å². The molecule has 7 nitrogen and oxygen atoms in total. The Morgan fingerprint density at radius 3 is 2.48 bits per heavy atom. The van der Waals surface area contributed by atoms with Gasteiger partial charge < -0.3 is 5.11 Å². The summed E-state index contributed by atoms with van der Waals surface area (Å²) in [4.78, 5) is 26.9. The van der Waals surface area contributed by atoms with Crippen molar-refractivity contribution < 1.29 is 5.11 Å². The molecule has 0 atom stereocenters. The highest BCUT2D eigenvalue weighted by molar-refractivity contribution is 6.01. The third-order valence-corrected chi connectivity index (χ3v) is 4.32. The number of rotatable bonds is 4. The van der Waals surface area contributed by atoms with E-state index in [1.807, 2.05) is 18.0 Å². The van der Waals surface area contributed by atoms with Gasteiger partial charge in [-0.05, 0) is 37.8 Å². The van der Waals surface area contributed by atoms with Crippen molar-refractivity contribution in [3.63, 3.8) is 0 Å². The van der Waals surface area contributed by atoms with Gasteiger partial charge in [0.05, 0.1) is 11.4 Å². The highest BCUT2D eigenvalue weighted by Crippen LogP contribution is 2.19. The molecule has 1 aliphatic heterocycles. The van der Waals surface area contributed by atoms with Gasteiger partial charge in [-0.25, -0.2) is 9.36 Å². The third-order valence-electron chi connectivity index (χ3n) is 4.32. The fourth-order valence-corrected chi connectivity index (χ4v) is 3.05. The van der Waals surface area contributed by atoms with E-state index in [0.29, 0.717) is 17.8 Å². The SMILES string of the molecule is CC/C(=N\N1CCCCC1)c1c(O)n(-c2ccccc2)c(=O)[nH]c1=O.